The molecular formula is C11H18N4O2. The molecule has 0 aromatic carbocycles. The van der Waals surface area contributed by atoms with E-state index in [1.165, 1.54) is 4.90 Å². The Morgan fingerprint density at radius 2 is 2.18 bits per heavy atom. The number of nitrogens with zero attached hydrogens (tertiary/aromatic N) is 3. The van der Waals surface area contributed by atoms with E-state index in [9.17, 15) is 9.59 Å². The molecule has 6 heteroatoms. The van der Waals surface area contributed by atoms with Crippen LogP contribution in [0, 0.1) is 0 Å². The number of anilines is 1. The Bertz CT molecular complexity index is 451. The lowest BCUT2D eigenvalue weighted by Crippen LogP contribution is -2.32. The highest BCUT2D eigenvalue weighted by Crippen LogP contribution is 2.01. The molecule has 0 aliphatic rings. The van der Waals surface area contributed by atoms with Crippen molar-refractivity contribution in [2.45, 2.75) is 19.9 Å². The van der Waals surface area contributed by atoms with Crippen molar-refractivity contribution in [2.75, 3.05) is 26.0 Å². The summed E-state index contributed by atoms with van der Waals surface area (Å²) >= 11 is 0. The molecule has 1 aromatic heterocycles. The molecule has 1 amide bonds. The Labute approximate surface area is 100 Å². The Balaban J connectivity index is 2.83. The number of amides is 1. The highest BCUT2D eigenvalue weighted by Gasteiger charge is 2.09. The Morgan fingerprint density at radius 1 is 1.53 bits per heavy atom. The molecule has 17 heavy (non-hydrogen) atoms. The second-order valence-electron chi connectivity index (χ2n) is 4.22. The summed E-state index contributed by atoms with van der Waals surface area (Å²) in [4.78, 5) is 28.7. The molecule has 0 spiro atoms. The lowest BCUT2D eigenvalue weighted by molar-refractivity contribution is -0.126. The first-order valence-corrected chi connectivity index (χ1v) is 5.44. The predicted octanol–water partition coefficient (Wildman–Crippen LogP) is 0.324. The summed E-state index contributed by atoms with van der Waals surface area (Å²) in [6.45, 7) is 3.89. The summed E-state index contributed by atoms with van der Waals surface area (Å²) in [6.07, 6.45) is 3.18. The van der Waals surface area contributed by atoms with Crippen molar-refractivity contribution >= 4 is 11.7 Å². The van der Waals surface area contributed by atoms with Crippen LogP contribution in [0.5, 0.6) is 0 Å². The quantitative estimate of drug-likeness (QED) is 0.820. The molecule has 94 valence electrons. The Morgan fingerprint density at radius 3 is 2.71 bits per heavy atom. The molecular weight excluding hydrogens is 220 g/mol. The van der Waals surface area contributed by atoms with Gasteiger partial charge in [-0.2, -0.15) is 0 Å². The third-order valence-corrected chi connectivity index (χ3v) is 2.33. The number of aromatic nitrogens is 2. The van der Waals surface area contributed by atoms with E-state index in [1.807, 2.05) is 13.8 Å². The first-order chi connectivity index (χ1) is 7.93. The molecule has 0 aliphatic carbocycles. The minimum atomic E-state index is -0.214. The number of carbonyl (C=O) groups is 1. The Kier molecular flexibility index (Phi) is 4.25. The number of hydrogen-bond acceptors (Lipinski definition) is 4. The monoisotopic (exact) mass is 238 g/mol. The van der Waals surface area contributed by atoms with E-state index in [4.69, 9.17) is 0 Å². The molecule has 1 rings (SSSR count). The van der Waals surface area contributed by atoms with E-state index in [-0.39, 0.29) is 29.9 Å². The van der Waals surface area contributed by atoms with Crippen molar-refractivity contribution in [3.8, 4) is 0 Å². The lowest BCUT2D eigenvalue weighted by Gasteiger charge is -2.13. The number of nitrogens with one attached hydrogen (secondary N) is 1. The van der Waals surface area contributed by atoms with Crippen LogP contribution in [0.15, 0.2) is 17.2 Å². The van der Waals surface area contributed by atoms with Crippen LogP contribution in [0.25, 0.3) is 0 Å². The van der Waals surface area contributed by atoms with Crippen molar-refractivity contribution in [2.24, 2.45) is 0 Å². The van der Waals surface area contributed by atoms with Crippen molar-refractivity contribution < 1.29 is 4.79 Å². The van der Waals surface area contributed by atoms with E-state index in [0.717, 1.165) is 0 Å². The Hall–Kier alpha value is -1.85. The van der Waals surface area contributed by atoms with Gasteiger partial charge in [-0.05, 0) is 13.8 Å². The molecule has 0 unspecified atom stereocenters. The molecule has 1 N–H and O–H groups in total. The van der Waals surface area contributed by atoms with Gasteiger partial charge in [0.25, 0.3) is 5.56 Å². The zero-order valence-corrected chi connectivity index (χ0v) is 10.6. The van der Waals surface area contributed by atoms with E-state index in [2.05, 4.69) is 10.3 Å². The third kappa shape index (κ3) is 3.30. The minimum absolute atomic E-state index is 0.0654. The number of hydrogen-bond donors (Lipinski definition) is 1. The molecule has 0 radical (unpaired) electrons. The van der Waals surface area contributed by atoms with Crippen LogP contribution >= 0.6 is 0 Å². The number of rotatable bonds is 4. The van der Waals surface area contributed by atoms with Crippen molar-refractivity contribution in [1.82, 2.24) is 14.5 Å². The van der Waals surface area contributed by atoms with Crippen LogP contribution in [-0.2, 0) is 4.79 Å². The number of carbonyl (C=O) groups excluding carboxylic acids is 1. The van der Waals surface area contributed by atoms with Gasteiger partial charge in [0, 0.05) is 32.5 Å². The van der Waals surface area contributed by atoms with Gasteiger partial charge in [-0.1, -0.05) is 0 Å². The summed E-state index contributed by atoms with van der Waals surface area (Å²) in [5.74, 6) is 0.0996. The lowest BCUT2D eigenvalue weighted by atomic mass is 10.4. The van der Waals surface area contributed by atoms with Gasteiger partial charge in [0.1, 0.15) is 0 Å². The van der Waals surface area contributed by atoms with Crippen LogP contribution in [0.4, 0.5) is 5.82 Å². The van der Waals surface area contributed by atoms with Gasteiger partial charge in [-0.15, -0.1) is 0 Å². The largest absolute Gasteiger partial charge is 0.356 e. The molecule has 1 heterocycles. The average Bonchev–Trinajstić information content (AvgIpc) is 2.26. The molecule has 0 saturated carbocycles. The van der Waals surface area contributed by atoms with E-state index in [0.29, 0.717) is 0 Å². The zero-order chi connectivity index (χ0) is 13.0. The van der Waals surface area contributed by atoms with Crippen LogP contribution in [0.2, 0.25) is 0 Å². The van der Waals surface area contributed by atoms with Crippen LogP contribution < -0.4 is 10.9 Å². The van der Waals surface area contributed by atoms with Crippen molar-refractivity contribution in [1.29, 1.82) is 0 Å². The van der Waals surface area contributed by atoms with Crippen LogP contribution in [0.3, 0.4) is 0 Å². The van der Waals surface area contributed by atoms with Gasteiger partial charge in [-0.25, -0.2) is 4.98 Å². The van der Waals surface area contributed by atoms with Gasteiger partial charge < -0.3 is 14.8 Å². The minimum Gasteiger partial charge on any atom is -0.356 e. The summed E-state index contributed by atoms with van der Waals surface area (Å²) in [6, 6.07) is 0.0654. The maximum Gasteiger partial charge on any atom is 0.293 e. The summed E-state index contributed by atoms with van der Waals surface area (Å²) in [7, 11) is 3.32. The number of likely N-dealkylation sites (N-methyl/N-ethyl adjacent to an activating group) is 1. The highest BCUT2D eigenvalue weighted by atomic mass is 16.2. The first-order valence-electron chi connectivity index (χ1n) is 5.44. The second-order valence-corrected chi connectivity index (χ2v) is 4.22. The van der Waals surface area contributed by atoms with Gasteiger partial charge in [0.05, 0.1) is 6.54 Å². The maximum atomic E-state index is 11.9. The van der Waals surface area contributed by atoms with Gasteiger partial charge in [0.2, 0.25) is 5.91 Å². The van der Waals surface area contributed by atoms with Crippen LogP contribution in [0.1, 0.15) is 19.9 Å². The molecule has 0 fully saturated rings. The van der Waals surface area contributed by atoms with Gasteiger partial charge in [-0.3, -0.25) is 9.59 Å². The fourth-order valence-corrected chi connectivity index (χ4v) is 1.27. The summed E-state index contributed by atoms with van der Waals surface area (Å²) < 4.78 is 1.56. The van der Waals surface area contributed by atoms with Gasteiger partial charge in [0.15, 0.2) is 5.82 Å². The smallest absolute Gasteiger partial charge is 0.293 e. The second kappa shape index (κ2) is 5.47. The fourth-order valence-electron chi connectivity index (χ4n) is 1.27. The summed E-state index contributed by atoms with van der Waals surface area (Å²) in [5.41, 5.74) is -0.214. The average molecular weight is 238 g/mol. The molecule has 6 nitrogen and oxygen atoms in total. The zero-order valence-electron chi connectivity index (χ0n) is 10.6. The highest BCUT2D eigenvalue weighted by molar-refractivity contribution is 5.79. The fraction of sp³-hybridized carbons (Fsp3) is 0.545. The topological polar surface area (TPSA) is 67.2 Å². The van der Waals surface area contributed by atoms with Crippen LogP contribution in [-0.4, -0.2) is 41.0 Å². The maximum absolute atomic E-state index is 11.9. The molecule has 1 aromatic rings. The van der Waals surface area contributed by atoms with Gasteiger partial charge >= 0.3 is 0 Å². The normalized spacial score (nSPS) is 10.4. The van der Waals surface area contributed by atoms with E-state index < -0.39 is 0 Å². The molecule has 0 aliphatic heterocycles. The predicted molar refractivity (Wildman–Crippen MR) is 66.1 cm³/mol. The molecule has 0 atom stereocenters. The molecule has 0 saturated heterocycles. The van der Waals surface area contributed by atoms with Crippen molar-refractivity contribution in [3.05, 3.63) is 22.7 Å². The van der Waals surface area contributed by atoms with E-state index >= 15 is 0 Å². The third-order valence-electron chi connectivity index (χ3n) is 2.33. The first kappa shape index (κ1) is 13.2. The molecule has 0 bridgehead atoms. The van der Waals surface area contributed by atoms with Crippen molar-refractivity contribution in [3.63, 3.8) is 0 Å². The SMILES string of the molecule is CC(C)n1ccnc(NCC(=O)N(C)C)c1=O. The van der Waals surface area contributed by atoms with E-state index in [1.54, 1.807) is 31.1 Å². The standard InChI is InChI=1S/C11H18N4O2/c1-8(2)15-6-5-12-10(11(15)17)13-7-9(16)14(3)4/h5-6,8H,7H2,1-4H3,(H,12,13). The summed E-state index contributed by atoms with van der Waals surface area (Å²) in [5, 5.41) is 2.75.